The quantitative estimate of drug-likeness (QED) is 0.127. The Morgan fingerprint density at radius 1 is 1.02 bits per heavy atom. The largest absolute Gasteiger partial charge is 0.459 e. The monoisotopic (exact) mass is 612 g/mol. The number of hydrogen-bond donors (Lipinski definition) is 2. The van der Waals surface area contributed by atoms with Crippen LogP contribution in [-0.4, -0.2) is 65.1 Å². The van der Waals surface area contributed by atoms with Crippen LogP contribution in [0.5, 0.6) is 0 Å². The zero-order chi connectivity index (χ0) is 30.5. The lowest BCUT2D eigenvalue weighted by Gasteiger charge is -2.27. The van der Waals surface area contributed by atoms with Crippen molar-refractivity contribution in [3.63, 3.8) is 0 Å². The maximum absolute atomic E-state index is 13.3. The fourth-order valence-corrected chi connectivity index (χ4v) is 6.63. The van der Waals surface area contributed by atoms with Crippen LogP contribution in [0.25, 0.3) is 11.0 Å². The van der Waals surface area contributed by atoms with Crippen LogP contribution in [0.2, 0.25) is 0 Å². The van der Waals surface area contributed by atoms with Gasteiger partial charge < -0.3 is 14.5 Å². The van der Waals surface area contributed by atoms with E-state index in [4.69, 9.17) is 9.15 Å². The van der Waals surface area contributed by atoms with Crippen LogP contribution in [0.1, 0.15) is 63.8 Å². The van der Waals surface area contributed by atoms with Gasteiger partial charge in [0.25, 0.3) is 11.8 Å². The van der Waals surface area contributed by atoms with E-state index < -0.39 is 29.7 Å². The maximum atomic E-state index is 13.3. The molecule has 4 amide bonds. The van der Waals surface area contributed by atoms with E-state index in [0.29, 0.717) is 35.8 Å². The van der Waals surface area contributed by atoms with Gasteiger partial charge in [-0.05, 0) is 60.9 Å². The summed E-state index contributed by atoms with van der Waals surface area (Å²) in [5.74, 6) is -0.407. The van der Waals surface area contributed by atoms with Crippen molar-refractivity contribution in [3.8, 4) is 0 Å². The Hall–Kier alpha value is -4.32. The van der Waals surface area contributed by atoms with Gasteiger partial charge in [-0.2, -0.15) is 0 Å². The Balaban J connectivity index is 0.955. The number of imide groups is 2. The van der Waals surface area contributed by atoms with Crippen LogP contribution in [0.4, 0.5) is 0 Å². The van der Waals surface area contributed by atoms with Crippen LogP contribution in [0.3, 0.4) is 0 Å². The summed E-state index contributed by atoms with van der Waals surface area (Å²) in [5, 5.41) is 6.81. The van der Waals surface area contributed by atoms with E-state index >= 15 is 0 Å². The van der Waals surface area contributed by atoms with Gasteiger partial charge in [-0.25, -0.2) is 0 Å². The highest BCUT2D eigenvalue weighted by atomic mass is 32.2. The SMILES string of the molecule is O=C1CCC(N2C(=O)c3cccc(SCCCCOCCNC(c4cccnc4)c4cc5ccccc5o4)c3C2=O)C(=O)N1. The molecule has 44 heavy (non-hydrogen) atoms. The number of rotatable bonds is 13. The number of ether oxygens (including phenoxy) is 1. The number of nitrogens with zero attached hydrogens (tertiary/aromatic N) is 2. The third-order valence-electron chi connectivity index (χ3n) is 7.71. The lowest BCUT2D eigenvalue weighted by atomic mass is 10.0. The van der Waals surface area contributed by atoms with E-state index in [-0.39, 0.29) is 18.9 Å². The molecular formula is C33H32N4O6S. The number of carbonyl (C=O) groups excluding carboxylic acids is 4. The van der Waals surface area contributed by atoms with Crippen LogP contribution in [0.15, 0.2) is 82.4 Å². The first kappa shape index (κ1) is 29.7. The summed E-state index contributed by atoms with van der Waals surface area (Å²) < 4.78 is 12.0. The Kier molecular flexibility index (Phi) is 9.15. The van der Waals surface area contributed by atoms with Gasteiger partial charge in [0.05, 0.1) is 23.8 Å². The number of pyridine rings is 1. The summed E-state index contributed by atoms with van der Waals surface area (Å²) in [6, 6.07) is 18.0. The van der Waals surface area contributed by atoms with Gasteiger partial charge >= 0.3 is 0 Å². The second-order valence-electron chi connectivity index (χ2n) is 10.7. The molecule has 0 aliphatic carbocycles. The van der Waals surface area contributed by atoms with E-state index in [2.05, 4.69) is 21.7 Å². The van der Waals surface area contributed by atoms with Crippen LogP contribution in [-0.2, 0) is 14.3 Å². The van der Waals surface area contributed by atoms with Gasteiger partial charge in [0.1, 0.15) is 17.4 Å². The summed E-state index contributed by atoms with van der Waals surface area (Å²) in [6.45, 7) is 1.75. The summed E-state index contributed by atoms with van der Waals surface area (Å²) in [6.07, 6.45) is 5.51. The fourth-order valence-electron chi connectivity index (χ4n) is 5.54. The first-order valence-corrected chi connectivity index (χ1v) is 15.7. The van der Waals surface area contributed by atoms with Crippen LogP contribution in [0, 0.1) is 0 Å². The molecule has 2 atom stereocenters. The highest BCUT2D eigenvalue weighted by Gasteiger charge is 2.45. The number of furan rings is 1. The van der Waals surface area contributed by atoms with E-state index in [1.165, 1.54) is 11.8 Å². The van der Waals surface area contributed by atoms with Gasteiger partial charge in [0.2, 0.25) is 11.8 Å². The summed E-state index contributed by atoms with van der Waals surface area (Å²) >= 11 is 1.51. The standard InChI is InChI=1S/C33H32N4O6S/c38-28-13-12-24(31(39)36-28)37-32(40)23-9-5-11-27(29(23)33(37)41)44-18-4-3-16-42-17-15-35-30(22-8-6-14-34-20-22)26-19-21-7-1-2-10-25(21)43-26/h1-2,5-11,14,19-20,24,30,35H,3-4,12-13,15-18H2,(H,36,38,39). The third kappa shape index (κ3) is 6.30. The van der Waals surface area contributed by atoms with Crippen LogP contribution >= 0.6 is 11.8 Å². The van der Waals surface area contributed by atoms with E-state index in [9.17, 15) is 19.2 Å². The zero-order valence-corrected chi connectivity index (χ0v) is 24.8. The molecule has 0 radical (unpaired) electrons. The average molecular weight is 613 g/mol. The Bertz CT molecular complexity index is 1660. The number of thioether (sulfide) groups is 1. The molecule has 4 aromatic rings. The molecule has 6 rings (SSSR count). The molecule has 0 bridgehead atoms. The molecule has 0 saturated carbocycles. The predicted octanol–water partition coefficient (Wildman–Crippen LogP) is 4.50. The van der Waals surface area contributed by atoms with Crippen molar-refractivity contribution in [1.29, 1.82) is 0 Å². The third-order valence-corrected chi connectivity index (χ3v) is 8.86. The molecule has 2 aliphatic heterocycles. The molecule has 2 unspecified atom stereocenters. The van der Waals surface area contributed by atoms with Gasteiger partial charge in [-0.1, -0.05) is 30.3 Å². The Morgan fingerprint density at radius 2 is 1.91 bits per heavy atom. The number of para-hydroxylation sites is 1. The van der Waals surface area contributed by atoms with Crippen molar-refractivity contribution >= 4 is 46.4 Å². The summed E-state index contributed by atoms with van der Waals surface area (Å²) in [7, 11) is 0. The maximum Gasteiger partial charge on any atom is 0.263 e. The number of piperidine rings is 1. The number of carbonyl (C=O) groups is 4. The van der Waals surface area contributed by atoms with Gasteiger partial charge in [-0.3, -0.25) is 34.4 Å². The number of fused-ring (bicyclic) bond motifs is 2. The zero-order valence-electron chi connectivity index (χ0n) is 24.0. The van der Waals surface area contributed by atoms with Crippen molar-refractivity contribution in [1.82, 2.24) is 20.5 Å². The molecule has 1 saturated heterocycles. The van der Waals surface area contributed by atoms with Gasteiger partial charge in [-0.15, -0.1) is 11.8 Å². The number of nitrogens with one attached hydrogen (secondary N) is 2. The minimum absolute atomic E-state index is 0.0932. The lowest BCUT2D eigenvalue weighted by molar-refractivity contribution is -0.136. The van der Waals surface area contributed by atoms with Crippen molar-refractivity contribution in [3.05, 3.63) is 95.5 Å². The first-order valence-electron chi connectivity index (χ1n) is 14.7. The van der Waals surface area contributed by atoms with E-state index in [1.807, 2.05) is 48.7 Å². The molecule has 226 valence electrons. The van der Waals surface area contributed by atoms with Crippen molar-refractivity contribution in [2.24, 2.45) is 0 Å². The smallest absolute Gasteiger partial charge is 0.263 e. The number of benzene rings is 2. The number of aromatic nitrogens is 1. The molecule has 2 aromatic carbocycles. The second kappa shape index (κ2) is 13.5. The minimum Gasteiger partial charge on any atom is -0.459 e. The Labute approximate surface area is 258 Å². The molecule has 4 heterocycles. The van der Waals surface area contributed by atoms with Gasteiger partial charge in [0.15, 0.2) is 0 Å². The number of amides is 4. The highest BCUT2D eigenvalue weighted by Crippen LogP contribution is 2.35. The molecule has 10 nitrogen and oxygen atoms in total. The lowest BCUT2D eigenvalue weighted by Crippen LogP contribution is -2.54. The second-order valence-corrected chi connectivity index (χ2v) is 11.8. The minimum atomic E-state index is -0.969. The average Bonchev–Trinajstić information content (AvgIpc) is 3.57. The molecule has 2 aromatic heterocycles. The van der Waals surface area contributed by atoms with Crippen molar-refractivity contribution < 1.29 is 28.3 Å². The molecule has 11 heteroatoms. The van der Waals surface area contributed by atoms with Crippen molar-refractivity contribution in [2.45, 2.75) is 42.7 Å². The van der Waals surface area contributed by atoms with E-state index in [0.717, 1.165) is 45.8 Å². The number of hydrogen-bond acceptors (Lipinski definition) is 9. The molecule has 2 N–H and O–H groups in total. The molecular weight excluding hydrogens is 580 g/mol. The normalized spacial score (nSPS) is 17.3. The van der Waals surface area contributed by atoms with Crippen LogP contribution < -0.4 is 10.6 Å². The van der Waals surface area contributed by atoms with Crippen molar-refractivity contribution in [2.75, 3.05) is 25.5 Å². The Morgan fingerprint density at radius 3 is 2.73 bits per heavy atom. The van der Waals surface area contributed by atoms with E-state index in [1.54, 1.807) is 18.3 Å². The molecule has 0 spiro atoms. The summed E-state index contributed by atoms with van der Waals surface area (Å²) in [5.41, 5.74) is 2.49. The molecule has 2 aliphatic rings. The predicted molar refractivity (Wildman–Crippen MR) is 164 cm³/mol. The highest BCUT2D eigenvalue weighted by molar-refractivity contribution is 7.99. The molecule has 1 fully saturated rings. The first-order chi connectivity index (χ1) is 21.5. The number of unbranched alkanes of at least 4 members (excludes halogenated alkanes) is 1. The summed E-state index contributed by atoms with van der Waals surface area (Å²) in [4.78, 5) is 56.2. The fraction of sp³-hybridized carbons (Fsp3) is 0.303. The topological polar surface area (TPSA) is 131 Å². The van der Waals surface area contributed by atoms with Gasteiger partial charge in [0, 0.05) is 42.2 Å².